The minimum Gasteiger partial charge on any atom is -0.422 e. The summed E-state index contributed by atoms with van der Waals surface area (Å²) in [6.45, 7) is 5.56. The molecular formula is C22H23NO6S. The van der Waals surface area contributed by atoms with Gasteiger partial charge in [0.15, 0.2) is 5.78 Å². The van der Waals surface area contributed by atoms with E-state index >= 15 is 0 Å². The van der Waals surface area contributed by atoms with Gasteiger partial charge in [0.05, 0.1) is 5.56 Å². The molecule has 158 valence electrons. The van der Waals surface area contributed by atoms with Crippen molar-refractivity contribution >= 4 is 32.6 Å². The van der Waals surface area contributed by atoms with E-state index in [1.165, 1.54) is 6.07 Å². The van der Waals surface area contributed by atoms with Gasteiger partial charge >= 0.3 is 5.63 Å². The smallest absolute Gasteiger partial charge is 0.340 e. The maximum atomic E-state index is 12.6. The highest BCUT2D eigenvalue weighted by atomic mass is 32.2. The Bertz CT molecular complexity index is 1210. The number of rotatable bonds is 8. The number of Topliss-reactive ketones (excluding diaryl/α,β-unsaturated/α-hetero) is 1. The maximum absolute atomic E-state index is 12.6. The number of hydrogen-bond acceptors (Lipinski definition) is 6. The summed E-state index contributed by atoms with van der Waals surface area (Å²) in [6, 6.07) is 14.7. The van der Waals surface area contributed by atoms with Gasteiger partial charge in [0, 0.05) is 42.2 Å². The standard InChI is InChI=1S/C22H23NO6S/c1-3-23(4-2)17-11-10-16-12-18(22(25)29-20(16)13-17)21(30(26,27)28)14-19(24)15-8-6-5-7-9-15/h5-13,21H,3-4,14H2,1-2H3,(H,26,27,28). The minimum absolute atomic E-state index is 0.273. The Morgan fingerprint density at radius 3 is 2.33 bits per heavy atom. The Balaban J connectivity index is 2.04. The first-order valence-electron chi connectivity index (χ1n) is 9.61. The molecule has 0 aliphatic rings. The topological polar surface area (TPSA) is 105 Å². The van der Waals surface area contributed by atoms with Gasteiger partial charge in [0.25, 0.3) is 10.1 Å². The molecule has 30 heavy (non-hydrogen) atoms. The van der Waals surface area contributed by atoms with Crippen molar-refractivity contribution in [1.29, 1.82) is 0 Å². The second-order valence-electron chi connectivity index (χ2n) is 6.88. The number of hydrogen-bond donors (Lipinski definition) is 1. The van der Waals surface area contributed by atoms with Gasteiger partial charge in [-0.1, -0.05) is 30.3 Å². The summed E-state index contributed by atoms with van der Waals surface area (Å²) < 4.78 is 39.2. The molecule has 0 bridgehead atoms. The molecule has 1 heterocycles. The lowest BCUT2D eigenvalue weighted by Gasteiger charge is -2.21. The fourth-order valence-corrected chi connectivity index (χ4v) is 4.26. The number of carbonyl (C=O) groups is 1. The van der Waals surface area contributed by atoms with Crippen LogP contribution in [0.25, 0.3) is 11.0 Å². The van der Waals surface area contributed by atoms with Crippen LogP contribution in [0, 0.1) is 0 Å². The van der Waals surface area contributed by atoms with Gasteiger partial charge in [0.1, 0.15) is 10.8 Å². The molecule has 0 fully saturated rings. The number of nitrogens with zero attached hydrogens (tertiary/aromatic N) is 1. The number of benzene rings is 2. The van der Waals surface area contributed by atoms with Crippen LogP contribution in [0.4, 0.5) is 5.69 Å². The van der Waals surface area contributed by atoms with Crippen molar-refractivity contribution in [2.45, 2.75) is 25.5 Å². The van der Waals surface area contributed by atoms with E-state index in [-0.39, 0.29) is 5.56 Å². The first-order valence-corrected chi connectivity index (χ1v) is 11.1. The highest BCUT2D eigenvalue weighted by Crippen LogP contribution is 2.29. The first-order chi connectivity index (χ1) is 14.2. The Hall–Kier alpha value is -2.97. The summed E-state index contributed by atoms with van der Waals surface area (Å²) in [5.74, 6) is -0.505. The van der Waals surface area contributed by atoms with E-state index in [1.807, 2.05) is 19.9 Å². The molecule has 0 saturated heterocycles. The lowest BCUT2D eigenvalue weighted by Crippen LogP contribution is -2.23. The van der Waals surface area contributed by atoms with Crippen LogP contribution >= 0.6 is 0 Å². The second kappa shape index (κ2) is 8.81. The normalized spacial score (nSPS) is 12.6. The van der Waals surface area contributed by atoms with Gasteiger partial charge in [0.2, 0.25) is 0 Å². The largest absolute Gasteiger partial charge is 0.422 e. The molecule has 3 rings (SSSR count). The number of carbonyl (C=O) groups excluding carboxylic acids is 1. The SMILES string of the molecule is CCN(CC)c1ccc2cc(C(CC(=O)c3ccccc3)S(=O)(=O)O)c(=O)oc2c1. The van der Waals surface area contributed by atoms with E-state index in [0.717, 1.165) is 18.8 Å². The predicted octanol–water partition coefficient (Wildman–Crippen LogP) is 3.84. The van der Waals surface area contributed by atoms with Crippen molar-refractivity contribution in [1.82, 2.24) is 0 Å². The van der Waals surface area contributed by atoms with Gasteiger partial charge in [-0.05, 0) is 32.0 Å². The third-order valence-corrected chi connectivity index (χ3v) is 6.19. The fraction of sp³-hybridized carbons (Fsp3) is 0.273. The van der Waals surface area contributed by atoms with E-state index in [9.17, 15) is 22.6 Å². The molecule has 1 atom stereocenters. The summed E-state index contributed by atoms with van der Waals surface area (Å²) in [5, 5.41) is -1.21. The summed E-state index contributed by atoms with van der Waals surface area (Å²) >= 11 is 0. The molecule has 0 aliphatic carbocycles. The van der Waals surface area contributed by atoms with Gasteiger partial charge in [-0.2, -0.15) is 8.42 Å². The zero-order chi connectivity index (χ0) is 21.9. The van der Waals surface area contributed by atoms with Gasteiger partial charge in [-0.25, -0.2) is 4.79 Å². The highest BCUT2D eigenvalue weighted by molar-refractivity contribution is 7.86. The van der Waals surface area contributed by atoms with E-state index in [0.29, 0.717) is 16.5 Å². The van der Waals surface area contributed by atoms with Crippen LogP contribution < -0.4 is 10.5 Å². The molecule has 8 heteroatoms. The number of ketones is 1. The van der Waals surface area contributed by atoms with Crippen LogP contribution in [-0.4, -0.2) is 31.8 Å². The molecule has 0 radical (unpaired) electrons. The molecule has 1 unspecified atom stereocenters. The predicted molar refractivity (Wildman–Crippen MR) is 116 cm³/mol. The highest BCUT2D eigenvalue weighted by Gasteiger charge is 2.31. The fourth-order valence-electron chi connectivity index (χ4n) is 3.41. The van der Waals surface area contributed by atoms with Crippen molar-refractivity contribution in [2.24, 2.45) is 0 Å². The lowest BCUT2D eigenvalue weighted by molar-refractivity contribution is 0.0979. The van der Waals surface area contributed by atoms with E-state index in [4.69, 9.17) is 4.42 Å². The van der Waals surface area contributed by atoms with Gasteiger partial charge in [-0.3, -0.25) is 9.35 Å². The third kappa shape index (κ3) is 4.60. The summed E-state index contributed by atoms with van der Waals surface area (Å²) in [7, 11) is -4.73. The van der Waals surface area contributed by atoms with Crippen LogP contribution in [-0.2, 0) is 10.1 Å². The second-order valence-corrected chi connectivity index (χ2v) is 8.48. The van der Waals surface area contributed by atoms with Gasteiger partial charge in [-0.15, -0.1) is 0 Å². The van der Waals surface area contributed by atoms with E-state index < -0.39 is 33.2 Å². The molecule has 3 aromatic rings. The van der Waals surface area contributed by atoms with Crippen molar-refractivity contribution in [3.63, 3.8) is 0 Å². The van der Waals surface area contributed by atoms with E-state index in [2.05, 4.69) is 4.90 Å². The first kappa shape index (κ1) is 21.7. The Kier molecular flexibility index (Phi) is 6.38. The lowest BCUT2D eigenvalue weighted by atomic mass is 10.0. The Labute approximate surface area is 174 Å². The Morgan fingerprint density at radius 1 is 1.07 bits per heavy atom. The minimum atomic E-state index is -4.73. The third-order valence-electron chi connectivity index (χ3n) is 5.05. The zero-order valence-corrected chi connectivity index (χ0v) is 17.6. The summed E-state index contributed by atoms with van der Waals surface area (Å²) in [6.07, 6.45) is -0.573. The van der Waals surface area contributed by atoms with Crippen LogP contribution in [0.3, 0.4) is 0 Å². The monoisotopic (exact) mass is 429 g/mol. The molecule has 1 N–H and O–H groups in total. The van der Waals surface area contributed by atoms with Gasteiger partial charge < -0.3 is 9.32 Å². The maximum Gasteiger partial charge on any atom is 0.340 e. The molecule has 0 amide bonds. The quantitative estimate of drug-likeness (QED) is 0.329. The molecule has 7 nitrogen and oxygen atoms in total. The number of anilines is 1. The van der Waals surface area contributed by atoms with E-state index in [1.54, 1.807) is 42.5 Å². The summed E-state index contributed by atoms with van der Waals surface area (Å²) in [5.41, 5.74) is 0.290. The van der Waals surface area contributed by atoms with Crippen LogP contribution in [0.15, 0.2) is 63.8 Å². The van der Waals surface area contributed by atoms with Crippen molar-refractivity contribution in [3.8, 4) is 0 Å². The molecule has 0 saturated carbocycles. The summed E-state index contributed by atoms with van der Waals surface area (Å²) in [4.78, 5) is 27.2. The average molecular weight is 429 g/mol. The number of fused-ring (bicyclic) bond motifs is 1. The Morgan fingerprint density at radius 2 is 1.73 bits per heavy atom. The van der Waals surface area contributed by atoms with Crippen molar-refractivity contribution in [2.75, 3.05) is 18.0 Å². The van der Waals surface area contributed by atoms with Crippen molar-refractivity contribution in [3.05, 3.63) is 76.1 Å². The molecule has 2 aromatic carbocycles. The van der Waals surface area contributed by atoms with Crippen LogP contribution in [0.5, 0.6) is 0 Å². The van der Waals surface area contributed by atoms with Crippen LogP contribution in [0.2, 0.25) is 0 Å². The molecule has 1 aromatic heterocycles. The molecule has 0 spiro atoms. The average Bonchev–Trinajstić information content (AvgIpc) is 2.72. The molecular weight excluding hydrogens is 406 g/mol. The zero-order valence-electron chi connectivity index (χ0n) is 16.7. The van der Waals surface area contributed by atoms with Crippen LogP contribution in [0.1, 0.15) is 41.4 Å². The van der Waals surface area contributed by atoms with Crippen molar-refractivity contribution < 1.29 is 22.2 Å². The molecule has 0 aliphatic heterocycles.